The lowest BCUT2D eigenvalue weighted by molar-refractivity contribution is -0.250. The molecule has 17 heavy (non-hydrogen) atoms. The molecule has 0 unspecified atom stereocenters. The summed E-state index contributed by atoms with van der Waals surface area (Å²) in [5, 5.41) is 18.8. The Hall–Kier alpha value is -0.940. The van der Waals surface area contributed by atoms with Crippen molar-refractivity contribution in [2.75, 3.05) is 0 Å². The first-order valence-corrected chi connectivity index (χ1v) is 5.84. The van der Waals surface area contributed by atoms with Crippen LogP contribution in [-0.4, -0.2) is 34.8 Å². The van der Waals surface area contributed by atoms with Crippen molar-refractivity contribution >= 4 is 0 Å². The van der Waals surface area contributed by atoms with Crippen molar-refractivity contribution in [2.45, 2.75) is 44.6 Å². The van der Waals surface area contributed by atoms with E-state index < -0.39 is 12.4 Å². The van der Waals surface area contributed by atoms with Crippen LogP contribution in [-0.2, 0) is 16.1 Å². The van der Waals surface area contributed by atoms with E-state index in [9.17, 15) is 10.2 Å². The maximum Gasteiger partial charge on any atom is 0.181 e. The summed E-state index contributed by atoms with van der Waals surface area (Å²) in [6, 6.07) is 9.84. The van der Waals surface area contributed by atoms with E-state index in [-0.39, 0.29) is 12.2 Å². The largest absolute Gasteiger partial charge is 0.388 e. The fraction of sp³-hybridized carbons (Fsp3) is 0.538. The Morgan fingerprint density at radius 3 is 2.71 bits per heavy atom. The molecule has 0 amide bonds. The number of rotatable bonds is 3. The molecule has 0 aliphatic carbocycles. The van der Waals surface area contributed by atoms with Crippen LogP contribution in [0.1, 0.15) is 18.9 Å². The minimum Gasteiger partial charge on any atom is -0.388 e. The van der Waals surface area contributed by atoms with Crippen LogP contribution >= 0.6 is 0 Å². The average Bonchev–Trinajstić information content (AvgIpc) is 2.33. The van der Waals surface area contributed by atoms with Gasteiger partial charge in [-0.25, -0.2) is 0 Å². The molecule has 4 atom stereocenters. The van der Waals surface area contributed by atoms with Gasteiger partial charge in [0.15, 0.2) is 6.29 Å². The van der Waals surface area contributed by atoms with Gasteiger partial charge in [0, 0.05) is 6.42 Å². The van der Waals surface area contributed by atoms with Gasteiger partial charge in [-0.1, -0.05) is 30.3 Å². The zero-order chi connectivity index (χ0) is 12.3. The topological polar surface area (TPSA) is 58.9 Å². The molecular weight excluding hydrogens is 220 g/mol. The molecule has 1 aliphatic heterocycles. The van der Waals surface area contributed by atoms with Gasteiger partial charge >= 0.3 is 0 Å². The molecule has 1 saturated heterocycles. The summed E-state index contributed by atoms with van der Waals surface area (Å²) in [6.07, 6.45) is -1.96. The summed E-state index contributed by atoms with van der Waals surface area (Å²) in [6.45, 7) is 2.33. The lowest BCUT2D eigenvalue weighted by Gasteiger charge is -2.35. The fourth-order valence-electron chi connectivity index (χ4n) is 1.93. The molecule has 1 aromatic rings. The van der Waals surface area contributed by atoms with Gasteiger partial charge in [-0.2, -0.15) is 0 Å². The first-order valence-electron chi connectivity index (χ1n) is 5.84. The van der Waals surface area contributed by atoms with Crippen molar-refractivity contribution in [2.24, 2.45) is 0 Å². The number of aliphatic hydroxyl groups is 2. The van der Waals surface area contributed by atoms with Crippen LogP contribution in [0, 0.1) is 0 Å². The van der Waals surface area contributed by atoms with Gasteiger partial charge < -0.3 is 19.7 Å². The Kier molecular flexibility index (Phi) is 4.12. The normalized spacial score (nSPS) is 33.6. The Labute approximate surface area is 101 Å². The third kappa shape index (κ3) is 3.26. The highest BCUT2D eigenvalue weighted by molar-refractivity contribution is 5.13. The van der Waals surface area contributed by atoms with Crippen LogP contribution < -0.4 is 0 Å². The zero-order valence-corrected chi connectivity index (χ0v) is 9.82. The van der Waals surface area contributed by atoms with Crippen LogP contribution in [0.15, 0.2) is 30.3 Å². The molecule has 0 radical (unpaired) electrons. The summed E-state index contributed by atoms with van der Waals surface area (Å²) in [5.41, 5.74) is 1.08. The monoisotopic (exact) mass is 238 g/mol. The van der Waals surface area contributed by atoms with E-state index in [2.05, 4.69) is 0 Å². The lowest BCUT2D eigenvalue weighted by atomic mass is 10.0. The fourth-order valence-corrected chi connectivity index (χ4v) is 1.93. The van der Waals surface area contributed by atoms with Gasteiger partial charge in [0.2, 0.25) is 0 Å². The average molecular weight is 238 g/mol. The van der Waals surface area contributed by atoms with Gasteiger partial charge in [-0.05, 0) is 12.5 Å². The SMILES string of the molecule is C[C@H]1O[C@@H](O)[C@H](O)C[C@@H]1OCc1ccccc1. The van der Waals surface area contributed by atoms with Crippen LogP contribution in [0.25, 0.3) is 0 Å². The molecule has 4 nitrogen and oxygen atoms in total. The maximum atomic E-state index is 9.51. The second-order valence-electron chi connectivity index (χ2n) is 4.37. The minimum atomic E-state index is -1.10. The standard InChI is InChI=1S/C13H18O4/c1-9-12(7-11(14)13(15)17-9)16-8-10-5-3-2-4-6-10/h2-6,9,11-15H,7-8H2,1H3/t9-,11-,12+,13-/m1/s1. The molecule has 1 fully saturated rings. The van der Waals surface area contributed by atoms with Crippen molar-refractivity contribution in [3.8, 4) is 0 Å². The van der Waals surface area contributed by atoms with E-state index in [1.165, 1.54) is 0 Å². The summed E-state index contributed by atoms with van der Waals surface area (Å²) in [5.74, 6) is 0. The molecule has 94 valence electrons. The molecule has 1 aliphatic rings. The van der Waals surface area contributed by atoms with Crippen molar-refractivity contribution in [3.63, 3.8) is 0 Å². The Balaban J connectivity index is 1.87. The minimum absolute atomic E-state index is 0.186. The van der Waals surface area contributed by atoms with E-state index in [0.29, 0.717) is 13.0 Å². The quantitative estimate of drug-likeness (QED) is 0.826. The third-order valence-electron chi connectivity index (χ3n) is 2.99. The Morgan fingerprint density at radius 2 is 2.00 bits per heavy atom. The predicted molar refractivity (Wildman–Crippen MR) is 62.2 cm³/mol. The molecule has 2 N–H and O–H groups in total. The Bertz CT molecular complexity index is 341. The molecule has 0 saturated carbocycles. The number of hydrogen-bond acceptors (Lipinski definition) is 4. The van der Waals surface area contributed by atoms with Gasteiger partial charge in [0.25, 0.3) is 0 Å². The van der Waals surface area contributed by atoms with E-state index >= 15 is 0 Å². The Morgan fingerprint density at radius 1 is 1.29 bits per heavy atom. The molecule has 0 aromatic heterocycles. The summed E-state index contributed by atoms with van der Waals surface area (Å²) >= 11 is 0. The molecule has 1 aromatic carbocycles. The van der Waals surface area contributed by atoms with E-state index in [4.69, 9.17) is 9.47 Å². The number of benzene rings is 1. The van der Waals surface area contributed by atoms with E-state index in [1.807, 2.05) is 37.3 Å². The van der Waals surface area contributed by atoms with Gasteiger partial charge in [-0.15, -0.1) is 0 Å². The smallest absolute Gasteiger partial charge is 0.181 e. The van der Waals surface area contributed by atoms with Crippen LogP contribution in [0.5, 0.6) is 0 Å². The van der Waals surface area contributed by atoms with Gasteiger partial charge in [0.05, 0.1) is 18.8 Å². The molecule has 0 spiro atoms. The molecule has 4 heteroatoms. The summed E-state index contributed by atoms with van der Waals surface area (Å²) < 4.78 is 10.9. The zero-order valence-electron chi connectivity index (χ0n) is 9.82. The molecule has 1 heterocycles. The lowest BCUT2D eigenvalue weighted by Crippen LogP contribution is -2.46. The van der Waals surface area contributed by atoms with E-state index in [0.717, 1.165) is 5.56 Å². The highest BCUT2D eigenvalue weighted by Crippen LogP contribution is 2.22. The third-order valence-corrected chi connectivity index (χ3v) is 2.99. The second kappa shape index (κ2) is 5.60. The van der Waals surface area contributed by atoms with E-state index in [1.54, 1.807) is 0 Å². The van der Waals surface area contributed by atoms with Gasteiger partial charge in [0.1, 0.15) is 6.10 Å². The maximum absolute atomic E-state index is 9.51. The molecule has 2 rings (SSSR count). The number of hydrogen-bond donors (Lipinski definition) is 2. The highest BCUT2D eigenvalue weighted by atomic mass is 16.6. The van der Waals surface area contributed by atoms with Crippen LogP contribution in [0.4, 0.5) is 0 Å². The molecule has 0 bridgehead atoms. The second-order valence-corrected chi connectivity index (χ2v) is 4.37. The summed E-state index contributed by atoms with van der Waals surface area (Å²) in [7, 11) is 0. The summed E-state index contributed by atoms with van der Waals surface area (Å²) in [4.78, 5) is 0. The molecular formula is C13H18O4. The first kappa shape index (κ1) is 12.5. The number of aliphatic hydroxyl groups excluding tert-OH is 2. The van der Waals surface area contributed by atoms with Crippen molar-refractivity contribution in [1.82, 2.24) is 0 Å². The first-order chi connectivity index (χ1) is 8.16. The van der Waals surface area contributed by atoms with Crippen molar-refractivity contribution < 1.29 is 19.7 Å². The van der Waals surface area contributed by atoms with Crippen molar-refractivity contribution in [1.29, 1.82) is 0 Å². The predicted octanol–water partition coefficient (Wildman–Crippen LogP) is 1.06. The van der Waals surface area contributed by atoms with Gasteiger partial charge in [-0.3, -0.25) is 0 Å². The van der Waals surface area contributed by atoms with Crippen LogP contribution in [0.3, 0.4) is 0 Å². The van der Waals surface area contributed by atoms with Crippen molar-refractivity contribution in [3.05, 3.63) is 35.9 Å². The van der Waals surface area contributed by atoms with Crippen LogP contribution in [0.2, 0.25) is 0 Å². The number of ether oxygens (including phenoxy) is 2. The highest BCUT2D eigenvalue weighted by Gasteiger charge is 2.34.